The molecule has 5 heteroatoms. The molecular formula is C19H22N2O3. The molecule has 24 heavy (non-hydrogen) atoms. The van der Waals surface area contributed by atoms with Crippen LogP contribution >= 0.6 is 0 Å². The van der Waals surface area contributed by atoms with Gasteiger partial charge < -0.3 is 14.2 Å². The molecule has 2 aromatic rings. The monoisotopic (exact) mass is 326 g/mol. The zero-order valence-electron chi connectivity index (χ0n) is 14.2. The molecule has 1 aromatic carbocycles. The molecular weight excluding hydrogens is 304 g/mol. The highest BCUT2D eigenvalue weighted by Crippen LogP contribution is 2.40. The lowest BCUT2D eigenvalue weighted by Gasteiger charge is -2.37. The minimum absolute atomic E-state index is 0.0344. The molecule has 0 radical (unpaired) electrons. The number of fused-ring (bicyclic) bond motifs is 1. The number of para-hydroxylation sites is 1. The first-order valence-corrected chi connectivity index (χ1v) is 8.54. The van der Waals surface area contributed by atoms with E-state index in [1.807, 2.05) is 48.0 Å². The topological polar surface area (TPSA) is 53.8 Å². The van der Waals surface area contributed by atoms with Crippen LogP contribution in [0.2, 0.25) is 0 Å². The molecule has 1 atom stereocenters. The molecule has 126 valence electrons. The van der Waals surface area contributed by atoms with Gasteiger partial charge in [-0.3, -0.25) is 9.59 Å². The van der Waals surface area contributed by atoms with Crippen LogP contribution in [0.4, 0.5) is 0 Å². The van der Waals surface area contributed by atoms with Gasteiger partial charge in [0.05, 0.1) is 11.0 Å². The lowest BCUT2D eigenvalue weighted by atomic mass is 9.78. The number of hydrogen-bond donors (Lipinski definition) is 0. The summed E-state index contributed by atoms with van der Waals surface area (Å²) in [7, 11) is 1.86. The second-order valence-electron chi connectivity index (χ2n) is 7.17. The molecule has 2 aliphatic heterocycles. The zero-order chi connectivity index (χ0) is 16.9. The van der Waals surface area contributed by atoms with Gasteiger partial charge >= 0.3 is 0 Å². The van der Waals surface area contributed by atoms with Crippen LogP contribution in [0.3, 0.4) is 0 Å². The van der Waals surface area contributed by atoms with Gasteiger partial charge in [0.2, 0.25) is 5.91 Å². The molecule has 4 rings (SSSR count). The fourth-order valence-electron chi connectivity index (χ4n) is 4.22. The molecule has 2 saturated heterocycles. The van der Waals surface area contributed by atoms with Crippen LogP contribution in [0.1, 0.15) is 35.4 Å². The molecule has 2 amide bonds. The van der Waals surface area contributed by atoms with Crippen molar-refractivity contribution in [3.63, 3.8) is 0 Å². The molecule has 0 bridgehead atoms. The summed E-state index contributed by atoms with van der Waals surface area (Å²) in [5, 5.41) is 0.945. The van der Waals surface area contributed by atoms with Crippen LogP contribution < -0.4 is 0 Å². The zero-order valence-corrected chi connectivity index (χ0v) is 14.2. The van der Waals surface area contributed by atoms with Gasteiger partial charge in [-0.2, -0.15) is 0 Å². The molecule has 2 aliphatic rings. The highest BCUT2D eigenvalue weighted by atomic mass is 16.3. The summed E-state index contributed by atoms with van der Waals surface area (Å²) in [5.74, 6) is 0.955. The number of benzene rings is 1. The Kier molecular flexibility index (Phi) is 3.41. The summed E-state index contributed by atoms with van der Waals surface area (Å²) in [6, 6.07) is 7.59. The number of carbonyl (C=O) groups is 2. The van der Waals surface area contributed by atoms with Crippen molar-refractivity contribution in [2.45, 2.75) is 26.2 Å². The average Bonchev–Trinajstić information content (AvgIpc) is 3.15. The quantitative estimate of drug-likeness (QED) is 0.810. The van der Waals surface area contributed by atoms with Crippen molar-refractivity contribution in [3.05, 3.63) is 35.6 Å². The van der Waals surface area contributed by atoms with Gasteiger partial charge in [0.25, 0.3) is 5.91 Å². The normalized spacial score (nSPS) is 24.3. The van der Waals surface area contributed by atoms with Crippen LogP contribution in [0.15, 0.2) is 28.7 Å². The number of furan rings is 1. The van der Waals surface area contributed by atoms with Gasteiger partial charge in [0.15, 0.2) is 0 Å². The Bertz CT molecular complexity index is 825. The third-order valence-electron chi connectivity index (χ3n) is 5.49. The maximum atomic E-state index is 13.0. The third-order valence-corrected chi connectivity index (χ3v) is 5.49. The molecule has 5 nitrogen and oxygen atoms in total. The van der Waals surface area contributed by atoms with Crippen molar-refractivity contribution < 1.29 is 14.0 Å². The van der Waals surface area contributed by atoms with E-state index in [1.165, 1.54) is 0 Å². The minimum atomic E-state index is -0.379. The Labute approximate surface area is 141 Å². The molecule has 0 unspecified atom stereocenters. The maximum absolute atomic E-state index is 13.0. The van der Waals surface area contributed by atoms with E-state index >= 15 is 0 Å². The number of rotatable bonds is 1. The van der Waals surface area contributed by atoms with E-state index in [1.54, 1.807) is 0 Å². The molecule has 0 N–H and O–H groups in total. The van der Waals surface area contributed by atoms with Crippen molar-refractivity contribution in [1.82, 2.24) is 9.80 Å². The van der Waals surface area contributed by atoms with Gasteiger partial charge in [-0.25, -0.2) is 0 Å². The SMILES string of the molecule is Cc1cc2cccc(C(=O)N3CC[C@@]4(CCCN(C)C4=O)C3)c2o1. The van der Waals surface area contributed by atoms with E-state index in [0.29, 0.717) is 24.2 Å². The minimum Gasteiger partial charge on any atom is -0.461 e. The number of nitrogens with zero attached hydrogens (tertiary/aromatic N) is 2. The fraction of sp³-hybridized carbons (Fsp3) is 0.474. The van der Waals surface area contributed by atoms with E-state index in [4.69, 9.17) is 4.42 Å². The van der Waals surface area contributed by atoms with Gasteiger partial charge in [-0.1, -0.05) is 12.1 Å². The van der Waals surface area contributed by atoms with Crippen LogP contribution in [-0.4, -0.2) is 48.3 Å². The Morgan fingerprint density at radius 2 is 2.08 bits per heavy atom. The smallest absolute Gasteiger partial charge is 0.257 e. The number of likely N-dealkylation sites (tertiary alicyclic amines) is 2. The molecule has 1 aromatic heterocycles. The lowest BCUT2D eigenvalue weighted by molar-refractivity contribution is -0.143. The number of piperidine rings is 1. The predicted octanol–water partition coefficient (Wildman–Crippen LogP) is 2.83. The van der Waals surface area contributed by atoms with Gasteiger partial charge in [0.1, 0.15) is 11.3 Å². The van der Waals surface area contributed by atoms with Gasteiger partial charge in [-0.05, 0) is 38.3 Å². The summed E-state index contributed by atoms with van der Waals surface area (Å²) in [6.45, 7) is 3.86. The fourth-order valence-corrected chi connectivity index (χ4v) is 4.22. The van der Waals surface area contributed by atoms with Crippen LogP contribution in [0, 0.1) is 12.3 Å². The van der Waals surface area contributed by atoms with Crippen LogP contribution in [0.25, 0.3) is 11.0 Å². The average molecular weight is 326 g/mol. The number of hydrogen-bond acceptors (Lipinski definition) is 3. The first kappa shape index (κ1) is 15.2. The number of amides is 2. The second kappa shape index (κ2) is 5.36. The van der Waals surface area contributed by atoms with Crippen molar-refractivity contribution in [2.24, 2.45) is 5.41 Å². The highest BCUT2D eigenvalue weighted by molar-refractivity contribution is 6.05. The van der Waals surface area contributed by atoms with Crippen molar-refractivity contribution in [1.29, 1.82) is 0 Å². The van der Waals surface area contributed by atoms with Crippen molar-refractivity contribution >= 4 is 22.8 Å². The Balaban J connectivity index is 1.63. The summed E-state index contributed by atoms with van der Waals surface area (Å²) in [6.07, 6.45) is 2.65. The standard InChI is InChI=1S/C19H22N2O3/c1-13-11-14-5-3-6-15(16(14)24-13)17(22)21-10-8-19(12-21)7-4-9-20(2)18(19)23/h3,5-6,11H,4,7-10,12H2,1-2H3/t19-/m0/s1. The van der Waals surface area contributed by atoms with Gasteiger partial charge in [0, 0.05) is 32.1 Å². The largest absolute Gasteiger partial charge is 0.461 e. The van der Waals surface area contributed by atoms with Crippen molar-refractivity contribution in [2.75, 3.05) is 26.7 Å². The molecule has 1 spiro atoms. The molecule has 0 aliphatic carbocycles. The lowest BCUT2D eigenvalue weighted by Crippen LogP contribution is -2.48. The van der Waals surface area contributed by atoms with Crippen molar-refractivity contribution in [3.8, 4) is 0 Å². The highest BCUT2D eigenvalue weighted by Gasteiger charge is 2.48. The first-order valence-electron chi connectivity index (χ1n) is 8.54. The van der Waals surface area contributed by atoms with E-state index < -0.39 is 0 Å². The molecule has 0 saturated carbocycles. The van der Waals surface area contributed by atoms with E-state index in [0.717, 1.165) is 37.0 Å². The van der Waals surface area contributed by atoms with E-state index in [-0.39, 0.29) is 17.2 Å². The Morgan fingerprint density at radius 1 is 1.25 bits per heavy atom. The third kappa shape index (κ3) is 2.22. The number of carbonyl (C=O) groups excluding carboxylic acids is 2. The Hall–Kier alpha value is -2.30. The number of aryl methyl sites for hydroxylation is 1. The first-order chi connectivity index (χ1) is 11.5. The summed E-state index contributed by atoms with van der Waals surface area (Å²) < 4.78 is 5.73. The van der Waals surface area contributed by atoms with Gasteiger partial charge in [-0.15, -0.1) is 0 Å². The van der Waals surface area contributed by atoms with Crippen LogP contribution in [-0.2, 0) is 4.79 Å². The molecule has 3 heterocycles. The Morgan fingerprint density at radius 3 is 2.92 bits per heavy atom. The second-order valence-corrected chi connectivity index (χ2v) is 7.17. The van der Waals surface area contributed by atoms with Crippen LogP contribution in [0.5, 0.6) is 0 Å². The molecule has 2 fully saturated rings. The maximum Gasteiger partial charge on any atom is 0.257 e. The summed E-state index contributed by atoms with van der Waals surface area (Å²) >= 11 is 0. The summed E-state index contributed by atoms with van der Waals surface area (Å²) in [5.41, 5.74) is 0.859. The van der Waals surface area contributed by atoms with E-state index in [9.17, 15) is 9.59 Å². The predicted molar refractivity (Wildman–Crippen MR) is 90.8 cm³/mol. The van der Waals surface area contributed by atoms with E-state index in [2.05, 4.69) is 0 Å². The summed E-state index contributed by atoms with van der Waals surface area (Å²) in [4.78, 5) is 29.3.